The van der Waals surface area contributed by atoms with Crippen molar-refractivity contribution < 1.29 is 13.2 Å². The van der Waals surface area contributed by atoms with Crippen molar-refractivity contribution in [3.8, 4) is 0 Å². The first kappa shape index (κ1) is 19.5. The Balaban J connectivity index is 1.60. The van der Waals surface area contributed by atoms with Crippen molar-refractivity contribution in [2.75, 3.05) is 0 Å². The number of pyridine rings is 1. The van der Waals surface area contributed by atoms with Gasteiger partial charge in [-0.2, -0.15) is 0 Å². The van der Waals surface area contributed by atoms with Crippen molar-refractivity contribution in [2.24, 2.45) is 0 Å². The summed E-state index contributed by atoms with van der Waals surface area (Å²) in [6.07, 6.45) is 9.58. The number of hydrogen-bond donors (Lipinski definition) is 2. The van der Waals surface area contributed by atoms with Crippen LogP contribution in [0.5, 0.6) is 0 Å². The maximum Gasteiger partial charge on any atom is 0.251 e. The second-order valence-corrected chi connectivity index (χ2v) is 8.59. The molecule has 1 heterocycles. The summed E-state index contributed by atoms with van der Waals surface area (Å²) in [7, 11) is -3.56. The topological polar surface area (TPSA) is 88.2 Å². The van der Waals surface area contributed by atoms with E-state index >= 15 is 0 Å². The number of carbonyl (C=O) groups is 1. The van der Waals surface area contributed by atoms with Crippen LogP contribution in [-0.4, -0.2) is 25.4 Å². The number of benzene rings is 1. The molecule has 0 spiro atoms. The zero-order valence-electron chi connectivity index (χ0n) is 15.2. The zero-order chi connectivity index (χ0) is 19.1. The maximum absolute atomic E-state index is 12.6. The van der Waals surface area contributed by atoms with Crippen LogP contribution in [0.3, 0.4) is 0 Å². The van der Waals surface area contributed by atoms with Crippen LogP contribution in [0.1, 0.15) is 54.4 Å². The Labute approximate surface area is 160 Å². The molecule has 0 aliphatic heterocycles. The lowest BCUT2D eigenvalue weighted by atomic mass is 10.1. The number of sulfonamides is 1. The van der Waals surface area contributed by atoms with Crippen LogP contribution >= 0.6 is 0 Å². The normalized spacial score (nSPS) is 15.9. The molecule has 0 radical (unpaired) electrons. The molecule has 0 bridgehead atoms. The van der Waals surface area contributed by atoms with Gasteiger partial charge in [0, 0.05) is 30.5 Å². The Bertz CT molecular complexity index is 844. The summed E-state index contributed by atoms with van der Waals surface area (Å²) in [6.45, 7) is 0.371. The summed E-state index contributed by atoms with van der Waals surface area (Å²) in [5.74, 6) is -0.250. The van der Waals surface area contributed by atoms with Gasteiger partial charge < -0.3 is 5.32 Å². The molecule has 1 aromatic carbocycles. The van der Waals surface area contributed by atoms with Gasteiger partial charge in [-0.3, -0.25) is 9.78 Å². The third kappa shape index (κ3) is 5.61. The highest BCUT2D eigenvalue weighted by Crippen LogP contribution is 2.20. The lowest BCUT2D eigenvalue weighted by molar-refractivity contribution is 0.0951. The van der Waals surface area contributed by atoms with E-state index in [2.05, 4.69) is 15.0 Å². The molecule has 7 heteroatoms. The van der Waals surface area contributed by atoms with Gasteiger partial charge in [0.15, 0.2) is 0 Å². The lowest BCUT2D eigenvalue weighted by Gasteiger charge is -2.16. The molecule has 1 fully saturated rings. The minimum atomic E-state index is -3.56. The molecule has 27 heavy (non-hydrogen) atoms. The van der Waals surface area contributed by atoms with Crippen molar-refractivity contribution in [3.05, 3.63) is 59.9 Å². The fourth-order valence-electron chi connectivity index (χ4n) is 3.26. The fourth-order valence-corrected chi connectivity index (χ4v) is 4.56. The van der Waals surface area contributed by atoms with Gasteiger partial charge in [0.1, 0.15) is 0 Å². The second-order valence-electron chi connectivity index (χ2n) is 6.88. The highest BCUT2D eigenvalue weighted by atomic mass is 32.2. The van der Waals surface area contributed by atoms with Crippen molar-refractivity contribution >= 4 is 15.9 Å². The van der Waals surface area contributed by atoms with E-state index in [-0.39, 0.29) is 16.8 Å². The molecule has 2 N–H and O–H groups in total. The molecule has 1 aliphatic rings. The molecule has 0 atom stereocenters. The molecule has 0 saturated heterocycles. The van der Waals surface area contributed by atoms with E-state index in [1.807, 2.05) is 12.1 Å². The number of amides is 1. The largest absolute Gasteiger partial charge is 0.348 e. The number of rotatable bonds is 6. The fraction of sp³-hybridized carbons (Fsp3) is 0.400. The molecule has 1 aromatic heterocycles. The molecule has 6 nitrogen and oxygen atoms in total. The molecule has 3 rings (SSSR count). The third-order valence-electron chi connectivity index (χ3n) is 4.78. The van der Waals surface area contributed by atoms with Crippen LogP contribution in [0, 0.1) is 0 Å². The van der Waals surface area contributed by atoms with Crippen LogP contribution in [0.2, 0.25) is 0 Å². The summed E-state index contributed by atoms with van der Waals surface area (Å²) >= 11 is 0. The van der Waals surface area contributed by atoms with Crippen molar-refractivity contribution in [2.45, 2.75) is 56.0 Å². The summed E-state index contributed by atoms with van der Waals surface area (Å²) in [6, 6.07) is 9.74. The summed E-state index contributed by atoms with van der Waals surface area (Å²) in [4.78, 5) is 16.4. The number of carbonyl (C=O) groups excluding carboxylic acids is 1. The standard InChI is InChI=1S/C20H25N3O3S/c24-20(22-15-16-6-5-13-21-14-16)17-9-11-19(12-10-17)27(25,26)23-18-7-3-1-2-4-8-18/h5-6,9-14,18,23H,1-4,7-8,15H2,(H,22,24). The predicted molar refractivity (Wildman–Crippen MR) is 104 cm³/mol. The smallest absolute Gasteiger partial charge is 0.251 e. The van der Waals surface area contributed by atoms with Gasteiger partial charge in [-0.25, -0.2) is 13.1 Å². The molecule has 1 saturated carbocycles. The minimum Gasteiger partial charge on any atom is -0.348 e. The summed E-state index contributed by atoms with van der Waals surface area (Å²) in [5, 5.41) is 2.80. The number of nitrogens with one attached hydrogen (secondary N) is 2. The molecular formula is C20H25N3O3S. The van der Waals surface area contributed by atoms with Crippen molar-refractivity contribution in [1.29, 1.82) is 0 Å². The highest BCUT2D eigenvalue weighted by Gasteiger charge is 2.21. The first-order chi connectivity index (χ1) is 13.0. The van der Waals surface area contributed by atoms with E-state index in [4.69, 9.17) is 0 Å². The maximum atomic E-state index is 12.6. The van der Waals surface area contributed by atoms with Gasteiger partial charge in [-0.1, -0.05) is 31.7 Å². The number of nitrogens with zero attached hydrogens (tertiary/aromatic N) is 1. The quantitative estimate of drug-likeness (QED) is 0.746. The number of hydrogen-bond acceptors (Lipinski definition) is 4. The van der Waals surface area contributed by atoms with Gasteiger partial charge >= 0.3 is 0 Å². The second kappa shape index (κ2) is 9.10. The molecule has 2 aromatic rings. The van der Waals surface area contributed by atoms with Gasteiger partial charge in [0.25, 0.3) is 5.91 Å². The van der Waals surface area contributed by atoms with Crippen molar-refractivity contribution in [3.63, 3.8) is 0 Å². The zero-order valence-corrected chi connectivity index (χ0v) is 16.0. The SMILES string of the molecule is O=C(NCc1cccnc1)c1ccc(S(=O)(=O)NC2CCCCCC2)cc1. The summed E-state index contributed by atoms with van der Waals surface area (Å²) in [5.41, 5.74) is 1.32. The monoisotopic (exact) mass is 387 g/mol. The van der Waals surface area contributed by atoms with Crippen LogP contribution in [0.25, 0.3) is 0 Å². The Hall–Kier alpha value is -2.25. The van der Waals surface area contributed by atoms with Crippen LogP contribution in [-0.2, 0) is 16.6 Å². The first-order valence-corrected chi connectivity index (χ1v) is 10.8. The van der Waals surface area contributed by atoms with E-state index < -0.39 is 10.0 Å². The van der Waals surface area contributed by atoms with Crippen LogP contribution in [0.15, 0.2) is 53.7 Å². The van der Waals surface area contributed by atoms with Crippen molar-refractivity contribution in [1.82, 2.24) is 15.0 Å². The Morgan fingerprint density at radius 1 is 1.04 bits per heavy atom. The van der Waals surface area contributed by atoms with E-state index in [9.17, 15) is 13.2 Å². The first-order valence-electron chi connectivity index (χ1n) is 9.34. The predicted octanol–water partition coefficient (Wildman–Crippen LogP) is 3.01. The van der Waals surface area contributed by atoms with Crippen LogP contribution < -0.4 is 10.0 Å². The minimum absolute atomic E-state index is 0.0000398. The highest BCUT2D eigenvalue weighted by molar-refractivity contribution is 7.89. The van der Waals surface area contributed by atoms with Gasteiger partial charge in [-0.15, -0.1) is 0 Å². The van der Waals surface area contributed by atoms with Gasteiger partial charge in [-0.05, 0) is 48.7 Å². The van der Waals surface area contributed by atoms with Gasteiger partial charge in [0.2, 0.25) is 10.0 Å². The molecule has 144 valence electrons. The Kier molecular flexibility index (Phi) is 6.58. The summed E-state index contributed by atoms with van der Waals surface area (Å²) < 4.78 is 28.0. The Morgan fingerprint density at radius 3 is 2.37 bits per heavy atom. The molecule has 1 aliphatic carbocycles. The molecule has 0 unspecified atom stereocenters. The van der Waals surface area contributed by atoms with Crippen LogP contribution in [0.4, 0.5) is 0 Å². The number of aromatic nitrogens is 1. The molecular weight excluding hydrogens is 362 g/mol. The molecule has 1 amide bonds. The van der Waals surface area contributed by atoms with E-state index in [0.717, 1.165) is 31.2 Å². The third-order valence-corrected chi connectivity index (χ3v) is 6.32. The Morgan fingerprint density at radius 2 is 1.74 bits per heavy atom. The van der Waals surface area contributed by atoms with E-state index in [1.165, 1.54) is 25.0 Å². The lowest BCUT2D eigenvalue weighted by Crippen LogP contribution is -2.34. The van der Waals surface area contributed by atoms with Gasteiger partial charge in [0.05, 0.1) is 4.90 Å². The van der Waals surface area contributed by atoms with E-state index in [1.54, 1.807) is 24.5 Å². The van der Waals surface area contributed by atoms with E-state index in [0.29, 0.717) is 12.1 Å². The average Bonchev–Trinajstić information content (AvgIpc) is 2.95. The average molecular weight is 388 g/mol.